The maximum absolute atomic E-state index is 11.5. The summed E-state index contributed by atoms with van der Waals surface area (Å²) >= 11 is 0. The molecule has 0 aliphatic rings. The van der Waals surface area contributed by atoms with Gasteiger partial charge in [-0.15, -0.1) is 0 Å². The summed E-state index contributed by atoms with van der Waals surface area (Å²) in [6.07, 6.45) is 0. The number of sulfone groups is 1. The number of aryl methyl sites for hydroxylation is 1. The fourth-order valence-electron chi connectivity index (χ4n) is 2.05. The summed E-state index contributed by atoms with van der Waals surface area (Å²) in [5, 5.41) is 6.19. The van der Waals surface area contributed by atoms with E-state index >= 15 is 0 Å². The molecular formula is C17H29N3O4S. The third kappa shape index (κ3) is 8.22. The van der Waals surface area contributed by atoms with E-state index in [0.717, 1.165) is 16.9 Å². The predicted molar refractivity (Wildman–Crippen MR) is 101 cm³/mol. The number of rotatable bonds is 10. The average Bonchev–Trinajstić information content (AvgIpc) is 2.59. The second-order valence-corrected chi connectivity index (χ2v) is 8.01. The quantitative estimate of drug-likeness (QED) is 0.364. The first-order valence-corrected chi connectivity index (χ1v) is 10.1. The predicted octanol–water partition coefficient (Wildman–Crippen LogP) is 1.12. The van der Waals surface area contributed by atoms with Crippen molar-refractivity contribution < 1.29 is 17.9 Å². The van der Waals surface area contributed by atoms with Crippen LogP contribution in [0.5, 0.6) is 5.75 Å². The number of methoxy groups -OCH3 is 1. The number of guanidine groups is 1. The summed E-state index contributed by atoms with van der Waals surface area (Å²) < 4.78 is 33.8. The lowest BCUT2D eigenvalue weighted by molar-refractivity contribution is 0.145. The first kappa shape index (κ1) is 21.2. The number of hydrogen-bond acceptors (Lipinski definition) is 5. The molecule has 0 aliphatic heterocycles. The molecule has 0 amide bonds. The van der Waals surface area contributed by atoms with Gasteiger partial charge in [-0.25, -0.2) is 8.42 Å². The van der Waals surface area contributed by atoms with Gasteiger partial charge < -0.3 is 20.1 Å². The molecule has 0 heterocycles. The summed E-state index contributed by atoms with van der Waals surface area (Å²) in [5.74, 6) is 1.58. The minimum atomic E-state index is -2.99. The van der Waals surface area contributed by atoms with Crippen molar-refractivity contribution >= 4 is 15.8 Å². The summed E-state index contributed by atoms with van der Waals surface area (Å²) in [6, 6.07) is 6.00. The molecule has 0 atom stereocenters. The van der Waals surface area contributed by atoms with Crippen molar-refractivity contribution in [3.8, 4) is 5.75 Å². The van der Waals surface area contributed by atoms with Crippen LogP contribution in [0.2, 0.25) is 0 Å². The Morgan fingerprint density at radius 2 is 2.00 bits per heavy atom. The van der Waals surface area contributed by atoms with Gasteiger partial charge in [0, 0.05) is 38.6 Å². The van der Waals surface area contributed by atoms with Crippen LogP contribution in [0.1, 0.15) is 18.1 Å². The van der Waals surface area contributed by atoms with Crippen molar-refractivity contribution in [3.63, 3.8) is 0 Å². The molecule has 1 aromatic carbocycles. The third-order valence-corrected chi connectivity index (χ3v) is 5.29. The topological polar surface area (TPSA) is 89.0 Å². The summed E-state index contributed by atoms with van der Waals surface area (Å²) in [7, 11) is 0.291. The van der Waals surface area contributed by atoms with E-state index in [1.54, 1.807) is 21.1 Å². The van der Waals surface area contributed by atoms with Crippen LogP contribution >= 0.6 is 0 Å². The minimum Gasteiger partial charge on any atom is -0.491 e. The van der Waals surface area contributed by atoms with Gasteiger partial charge in [0.15, 0.2) is 15.8 Å². The van der Waals surface area contributed by atoms with E-state index in [1.807, 2.05) is 25.1 Å². The Labute approximate surface area is 150 Å². The van der Waals surface area contributed by atoms with E-state index in [-0.39, 0.29) is 11.5 Å². The highest BCUT2D eigenvalue weighted by Gasteiger charge is 2.09. The van der Waals surface area contributed by atoms with Gasteiger partial charge in [-0.3, -0.25) is 4.99 Å². The Morgan fingerprint density at radius 3 is 2.64 bits per heavy atom. The Morgan fingerprint density at radius 1 is 1.24 bits per heavy atom. The van der Waals surface area contributed by atoms with E-state index < -0.39 is 9.84 Å². The number of aliphatic imine (C=N–C) groups is 1. The highest BCUT2D eigenvalue weighted by molar-refractivity contribution is 7.91. The first-order valence-electron chi connectivity index (χ1n) is 8.28. The number of hydrogen-bond donors (Lipinski definition) is 2. The summed E-state index contributed by atoms with van der Waals surface area (Å²) in [4.78, 5) is 4.11. The van der Waals surface area contributed by atoms with Crippen LogP contribution in [0, 0.1) is 6.92 Å². The zero-order chi connectivity index (χ0) is 18.7. The molecule has 8 heteroatoms. The highest BCUT2D eigenvalue weighted by atomic mass is 32.2. The van der Waals surface area contributed by atoms with Gasteiger partial charge in [-0.2, -0.15) is 0 Å². The van der Waals surface area contributed by atoms with Gasteiger partial charge in [0.25, 0.3) is 0 Å². The fraction of sp³-hybridized carbons (Fsp3) is 0.588. The van der Waals surface area contributed by atoms with Crippen LogP contribution in [-0.4, -0.2) is 59.8 Å². The van der Waals surface area contributed by atoms with Gasteiger partial charge in [0.05, 0.1) is 12.4 Å². The van der Waals surface area contributed by atoms with Crippen molar-refractivity contribution in [2.24, 2.45) is 4.99 Å². The molecule has 25 heavy (non-hydrogen) atoms. The maximum Gasteiger partial charge on any atom is 0.191 e. The Kier molecular flexibility index (Phi) is 9.30. The molecule has 0 radical (unpaired) electrons. The lowest BCUT2D eigenvalue weighted by Crippen LogP contribution is -2.39. The minimum absolute atomic E-state index is 0.0834. The van der Waals surface area contributed by atoms with Crippen LogP contribution in [0.15, 0.2) is 23.2 Å². The van der Waals surface area contributed by atoms with Gasteiger partial charge in [-0.05, 0) is 18.6 Å². The van der Waals surface area contributed by atoms with Gasteiger partial charge >= 0.3 is 0 Å². The molecule has 0 unspecified atom stereocenters. The molecule has 0 aliphatic carbocycles. The third-order valence-electron chi connectivity index (χ3n) is 3.58. The van der Waals surface area contributed by atoms with Crippen molar-refractivity contribution in [1.82, 2.24) is 10.6 Å². The highest BCUT2D eigenvalue weighted by Crippen LogP contribution is 2.20. The number of nitrogens with zero attached hydrogens (tertiary/aromatic N) is 1. The molecule has 0 spiro atoms. The number of ether oxygens (including phenoxy) is 2. The molecule has 0 saturated carbocycles. The van der Waals surface area contributed by atoms with Crippen LogP contribution in [0.25, 0.3) is 0 Å². The van der Waals surface area contributed by atoms with E-state index in [1.165, 1.54) is 0 Å². The summed E-state index contributed by atoms with van der Waals surface area (Å²) in [6.45, 7) is 5.49. The second kappa shape index (κ2) is 10.9. The molecule has 1 aromatic rings. The molecule has 0 fully saturated rings. The normalized spacial score (nSPS) is 12.1. The van der Waals surface area contributed by atoms with E-state index in [2.05, 4.69) is 15.6 Å². The SMILES string of the molecule is CCS(=O)(=O)CCNC(=NC)NCc1ccc(C)cc1OCCOC. The molecule has 142 valence electrons. The smallest absolute Gasteiger partial charge is 0.191 e. The molecule has 7 nitrogen and oxygen atoms in total. The number of nitrogens with one attached hydrogen (secondary N) is 2. The van der Waals surface area contributed by atoms with Gasteiger partial charge in [0.2, 0.25) is 0 Å². The van der Waals surface area contributed by atoms with Gasteiger partial charge in [-0.1, -0.05) is 19.1 Å². The summed E-state index contributed by atoms with van der Waals surface area (Å²) in [5.41, 5.74) is 2.11. The zero-order valence-corrected chi connectivity index (χ0v) is 16.3. The van der Waals surface area contributed by atoms with Crippen LogP contribution in [-0.2, 0) is 21.1 Å². The van der Waals surface area contributed by atoms with Crippen molar-refractivity contribution in [1.29, 1.82) is 0 Å². The van der Waals surface area contributed by atoms with Crippen molar-refractivity contribution in [2.75, 3.05) is 45.4 Å². The van der Waals surface area contributed by atoms with Crippen LogP contribution < -0.4 is 15.4 Å². The molecule has 0 bridgehead atoms. The Hall–Kier alpha value is -1.80. The van der Waals surface area contributed by atoms with Crippen molar-refractivity contribution in [3.05, 3.63) is 29.3 Å². The molecule has 1 rings (SSSR count). The Bertz CT molecular complexity index is 660. The van der Waals surface area contributed by atoms with E-state index in [4.69, 9.17) is 9.47 Å². The van der Waals surface area contributed by atoms with Crippen molar-refractivity contribution in [2.45, 2.75) is 20.4 Å². The average molecular weight is 372 g/mol. The lowest BCUT2D eigenvalue weighted by atomic mass is 10.1. The molecular weight excluding hydrogens is 342 g/mol. The standard InChI is InChI=1S/C17H29N3O4S/c1-5-25(21,22)11-8-19-17(18-3)20-13-15-7-6-14(2)12-16(15)24-10-9-23-4/h6-7,12H,5,8-11,13H2,1-4H3,(H2,18,19,20). The Balaban J connectivity index is 2.59. The maximum atomic E-state index is 11.5. The fourth-order valence-corrected chi connectivity index (χ4v) is 2.75. The monoisotopic (exact) mass is 371 g/mol. The molecule has 2 N–H and O–H groups in total. The molecule has 0 saturated heterocycles. The first-order chi connectivity index (χ1) is 11.9. The molecule has 0 aromatic heterocycles. The van der Waals surface area contributed by atoms with E-state index in [0.29, 0.717) is 32.3 Å². The van der Waals surface area contributed by atoms with Gasteiger partial charge in [0.1, 0.15) is 12.4 Å². The van der Waals surface area contributed by atoms with Crippen LogP contribution in [0.3, 0.4) is 0 Å². The largest absolute Gasteiger partial charge is 0.491 e. The number of benzene rings is 1. The van der Waals surface area contributed by atoms with Crippen LogP contribution in [0.4, 0.5) is 0 Å². The van der Waals surface area contributed by atoms with E-state index in [9.17, 15) is 8.42 Å². The zero-order valence-electron chi connectivity index (χ0n) is 15.5. The second-order valence-electron chi connectivity index (χ2n) is 5.54. The lowest BCUT2D eigenvalue weighted by Gasteiger charge is -2.15.